The van der Waals surface area contributed by atoms with Crippen molar-refractivity contribution >= 4 is 5.95 Å². The summed E-state index contributed by atoms with van der Waals surface area (Å²) in [5, 5.41) is 3.07. The Morgan fingerprint density at radius 1 is 1.24 bits per heavy atom. The van der Waals surface area contributed by atoms with Crippen LogP contribution in [0.2, 0.25) is 0 Å². The summed E-state index contributed by atoms with van der Waals surface area (Å²) in [7, 11) is 0. The first-order valence-electron chi connectivity index (χ1n) is 5.52. The summed E-state index contributed by atoms with van der Waals surface area (Å²) in [5.41, 5.74) is 1.61. The van der Waals surface area contributed by atoms with Crippen LogP contribution in [-0.2, 0) is 6.42 Å². The van der Waals surface area contributed by atoms with E-state index >= 15 is 0 Å². The summed E-state index contributed by atoms with van der Waals surface area (Å²) in [6.45, 7) is 2.52. The zero-order chi connectivity index (χ0) is 12.1. The van der Waals surface area contributed by atoms with Gasteiger partial charge in [0.2, 0.25) is 5.95 Å². The molecule has 4 heteroatoms. The average molecular weight is 231 g/mol. The highest BCUT2D eigenvalue weighted by molar-refractivity contribution is 5.26. The van der Waals surface area contributed by atoms with Gasteiger partial charge in [0, 0.05) is 18.4 Å². The van der Waals surface area contributed by atoms with Gasteiger partial charge in [-0.2, -0.15) is 0 Å². The number of benzene rings is 1. The quantitative estimate of drug-likeness (QED) is 0.878. The van der Waals surface area contributed by atoms with Gasteiger partial charge in [-0.1, -0.05) is 18.2 Å². The lowest BCUT2D eigenvalue weighted by Gasteiger charge is -2.05. The Balaban J connectivity index is 1.90. The lowest BCUT2D eigenvalue weighted by Crippen LogP contribution is -2.09. The van der Waals surface area contributed by atoms with Crippen LogP contribution in [0.25, 0.3) is 0 Å². The van der Waals surface area contributed by atoms with E-state index in [1.54, 1.807) is 18.3 Å². The predicted octanol–water partition coefficient (Wildman–Crippen LogP) is 2.58. The zero-order valence-corrected chi connectivity index (χ0v) is 9.65. The molecule has 1 aromatic heterocycles. The highest BCUT2D eigenvalue weighted by Gasteiger charge is 2.00. The van der Waals surface area contributed by atoms with Crippen molar-refractivity contribution in [1.82, 2.24) is 9.97 Å². The SMILES string of the molecule is Cc1ccnc(NCCc2ccccc2F)n1. The number of nitrogens with zero attached hydrogens (tertiary/aromatic N) is 2. The van der Waals surface area contributed by atoms with Crippen LogP contribution < -0.4 is 5.32 Å². The van der Waals surface area contributed by atoms with Crippen molar-refractivity contribution < 1.29 is 4.39 Å². The summed E-state index contributed by atoms with van der Waals surface area (Å²) in [5.74, 6) is 0.417. The van der Waals surface area contributed by atoms with E-state index in [-0.39, 0.29) is 5.82 Å². The summed E-state index contributed by atoms with van der Waals surface area (Å²) < 4.78 is 13.3. The number of hydrogen-bond acceptors (Lipinski definition) is 3. The van der Waals surface area contributed by atoms with Gasteiger partial charge in [-0.3, -0.25) is 0 Å². The summed E-state index contributed by atoms with van der Waals surface area (Å²) in [4.78, 5) is 8.29. The Morgan fingerprint density at radius 3 is 2.82 bits per heavy atom. The smallest absolute Gasteiger partial charge is 0.222 e. The monoisotopic (exact) mass is 231 g/mol. The van der Waals surface area contributed by atoms with E-state index in [0.717, 1.165) is 5.69 Å². The maximum atomic E-state index is 13.3. The van der Waals surface area contributed by atoms with Crippen molar-refractivity contribution in [1.29, 1.82) is 0 Å². The van der Waals surface area contributed by atoms with Gasteiger partial charge in [0.15, 0.2) is 0 Å². The third-order valence-corrected chi connectivity index (χ3v) is 2.43. The van der Waals surface area contributed by atoms with Gasteiger partial charge in [0.1, 0.15) is 5.82 Å². The molecule has 0 bridgehead atoms. The van der Waals surface area contributed by atoms with Crippen LogP contribution >= 0.6 is 0 Å². The van der Waals surface area contributed by atoms with Gasteiger partial charge in [-0.15, -0.1) is 0 Å². The Labute approximate surface area is 99.7 Å². The molecule has 88 valence electrons. The second-order valence-electron chi connectivity index (χ2n) is 3.79. The topological polar surface area (TPSA) is 37.8 Å². The molecule has 2 rings (SSSR count). The minimum absolute atomic E-state index is 0.167. The third kappa shape index (κ3) is 3.24. The molecule has 17 heavy (non-hydrogen) atoms. The molecule has 0 amide bonds. The summed E-state index contributed by atoms with van der Waals surface area (Å²) in [6.07, 6.45) is 2.32. The van der Waals surface area contributed by atoms with Crippen LogP contribution in [0, 0.1) is 12.7 Å². The summed E-state index contributed by atoms with van der Waals surface area (Å²) >= 11 is 0. The van der Waals surface area contributed by atoms with Crippen LogP contribution in [0.5, 0.6) is 0 Å². The molecular weight excluding hydrogens is 217 g/mol. The first-order valence-corrected chi connectivity index (χ1v) is 5.52. The normalized spacial score (nSPS) is 10.2. The number of aromatic nitrogens is 2. The van der Waals surface area contributed by atoms with Gasteiger partial charge in [-0.05, 0) is 31.0 Å². The van der Waals surface area contributed by atoms with Gasteiger partial charge >= 0.3 is 0 Å². The second kappa shape index (κ2) is 5.39. The Morgan fingerprint density at radius 2 is 2.06 bits per heavy atom. The fraction of sp³-hybridized carbons (Fsp3) is 0.231. The first kappa shape index (κ1) is 11.5. The van der Waals surface area contributed by atoms with Crippen LogP contribution in [-0.4, -0.2) is 16.5 Å². The van der Waals surface area contributed by atoms with Gasteiger partial charge in [0.25, 0.3) is 0 Å². The standard InChI is InChI=1S/C13H14FN3/c1-10-6-8-15-13(17-10)16-9-7-11-4-2-3-5-12(11)14/h2-6,8H,7,9H2,1H3,(H,15,16,17). The van der Waals surface area contributed by atoms with Crippen LogP contribution in [0.15, 0.2) is 36.5 Å². The molecule has 0 unspecified atom stereocenters. The molecule has 0 aliphatic rings. The van der Waals surface area contributed by atoms with E-state index in [1.807, 2.05) is 19.1 Å². The van der Waals surface area contributed by atoms with Crippen LogP contribution in [0.1, 0.15) is 11.3 Å². The van der Waals surface area contributed by atoms with Gasteiger partial charge < -0.3 is 5.32 Å². The third-order valence-electron chi connectivity index (χ3n) is 2.43. The molecule has 0 aliphatic heterocycles. The molecule has 1 heterocycles. The van der Waals surface area contributed by atoms with E-state index in [9.17, 15) is 4.39 Å². The lowest BCUT2D eigenvalue weighted by molar-refractivity contribution is 0.610. The fourth-order valence-electron chi connectivity index (χ4n) is 1.54. The van der Waals surface area contributed by atoms with Gasteiger partial charge in [0.05, 0.1) is 0 Å². The van der Waals surface area contributed by atoms with Crippen molar-refractivity contribution in [2.75, 3.05) is 11.9 Å². The zero-order valence-electron chi connectivity index (χ0n) is 9.65. The molecule has 0 aliphatic carbocycles. The van der Waals surface area contributed by atoms with E-state index in [4.69, 9.17) is 0 Å². The lowest BCUT2D eigenvalue weighted by atomic mass is 10.1. The maximum Gasteiger partial charge on any atom is 0.222 e. The average Bonchev–Trinajstić information content (AvgIpc) is 2.32. The van der Waals surface area contributed by atoms with Crippen molar-refractivity contribution in [2.24, 2.45) is 0 Å². The van der Waals surface area contributed by atoms with E-state index < -0.39 is 0 Å². The second-order valence-corrected chi connectivity index (χ2v) is 3.79. The highest BCUT2D eigenvalue weighted by atomic mass is 19.1. The molecule has 0 saturated carbocycles. The van der Waals surface area contributed by atoms with Crippen molar-refractivity contribution in [2.45, 2.75) is 13.3 Å². The van der Waals surface area contributed by atoms with Crippen LogP contribution in [0.4, 0.5) is 10.3 Å². The molecule has 0 fully saturated rings. The largest absolute Gasteiger partial charge is 0.354 e. The molecule has 3 nitrogen and oxygen atoms in total. The molecule has 0 radical (unpaired) electrons. The Kier molecular flexibility index (Phi) is 3.65. The number of rotatable bonds is 4. The summed E-state index contributed by atoms with van der Waals surface area (Å²) in [6, 6.07) is 8.62. The molecule has 1 N–H and O–H groups in total. The minimum atomic E-state index is -0.167. The minimum Gasteiger partial charge on any atom is -0.354 e. The molecule has 0 saturated heterocycles. The number of halogens is 1. The Hall–Kier alpha value is -1.97. The molecular formula is C13H14FN3. The predicted molar refractivity (Wildman–Crippen MR) is 65.4 cm³/mol. The van der Waals surface area contributed by atoms with E-state index in [0.29, 0.717) is 24.5 Å². The van der Waals surface area contributed by atoms with Crippen LogP contribution in [0.3, 0.4) is 0 Å². The molecule has 2 aromatic rings. The van der Waals surface area contributed by atoms with E-state index in [1.165, 1.54) is 6.07 Å². The van der Waals surface area contributed by atoms with Crippen molar-refractivity contribution in [3.05, 3.63) is 53.6 Å². The number of anilines is 1. The fourth-order valence-corrected chi connectivity index (χ4v) is 1.54. The number of hydrogen-bond donors (Lipinski definition) is 1. The van der Waals surface area contributed by atoms with E-state index in [2.05, 4.69) is 15.3 Å². The molecule has 1 aromatic carbocycles. The molecule has 0 atom stereocenters. The maximum absolute atomic E-state index is 13.3. The van der Waals surface area contributed by atoms with Crippen molar-refractivity contribution in [3.63, 3.8) is 0 Å². The molecule has 0 spiro atoms. The first-order chi connectivity index (χ1) is 8.25. The van der Waals surface area contributed by atoms with Crippen molar-refractivity contribution in [3.8, 4) is 0 Å². The number of aryl methyl sites for hydroxylation is 1. The highest BCUT2D eigenvalue weighted by Crippen LogP contribution is 2.07. The Bertz CT molecular complexity index is 500. The number of nitrogens with one attached hydrogen (secondary N) is 1. The van der Waals surface area contributed by atoms with Gasteiger partial charge in [-0.25, -0.2) is 14.4 Å².